The lowest BCUT2D eigenvalue weighted by molar-refractivity contribution is -0.276. The number of alkyl halides is 6. The molecule has 0 N–H and O–H groups in total. The molecule has 9 heteroatoms. The Morgan fingerprint density at radius 3 is 2.35 bits per heavy atom. The first-order valence-corrected chi connectivity index (χ1v) is 5.95. The van der Waals surface area contributed by atoms with Crippen LogP contribution in [-0.2, 0) is 5.33 Å². The Balaban J connectivity index is 3.19. The molecular formula is C8H4Br2F5NO. The minimum atomic E-state index is -4.92. The predicted octanol–water partition coefficient (Wildman–Crippen LogP) is 4.58. The fourth-order valence-electron chi connectivity index (χ4n) is 0.981. The second-order valence-corrected chi connectivity index (χ2v) is 4.13. The molecule has 17 heavy (non-hydrogen) atoms. The van der Waals surface area contributed by atoms with Crippen molar-refractivity contribution in [2.45, 2.75) is 18.1 Å². The van der Waals surface area contributed by atoms with E-state index in [1.165, 1.54) is 0 Å². The fraction of sp³-hybridized carbons (Fsp3) is 0.375. The van der Waals surface area contributed by atoms with E-state index < -0.39 is 24.2 Å². The largest absolute Gasteiger partial charge is 0.574 e. The Morgan fingerprint density at radius 1 is 1.35 bits per heavy atom. The predicted molar refractivity (Wildman–Crippen MR) is 56.2 cm³/mol. The topological polar surface area (TPSA) is 22.1 Å². The quantitative estimate of drug-likeness (QED) is 0.432. The summed E-state index contributed by atoms with van der Waals surface area (Å²) in [6, 6.07) is 0.900. The molecule has 1 aromatic rings. The summed E-state index contributed by atoms with van der Waals surface area (Å²) in [7, 11) is 0. The summed E-state index contributed by atoms with van der Waals surface area (Å²) in [5.41, 5.74) is -0.602. The molecule has 0 radical (unpaired) electrons. The molecule has 1 rings (SSSR count). The Labute approximate surface area is 109 Å². The van der Waals surface area contributed by atoms with Crippen molar-refractivity contribution in [2.24, 2.45) is 0 Å². The van der Waals surface area contributed by atoms with Crippen LogP contribution < -0.4 is 4.74 Å². The summed E-state index contributed by atoms with van der Waals surface area (Å²) >= 11 is 5.54. The van der Waals surface area contributed by atoms with Gasteiger partial charge < -0.3 is 4.74 Å². The van der Waals surface area contributed by atoms with Crippen LogP contribution in [0.5, 0.6) is 5.88 Å². The van der Waals surface area contributed by atoms with Crippen molar-refractivity contribution in [3.05, 3.63) is 21.8 Å². The van der Waals surface area contributed by atoms with Gasteiger partial charge in [0.1, 0.15) is 4.60 Å². The highest BCUT2D eigenvalue weighted by molar-refractivity contribution is 9.10. The Hall–Kier alpha value is -0.440. The number of rotatable bonds is 3. The van der Waals surface area contributed by atoms with Crippen LogP contribution in [0.1, 0.15) is 17.6 Å². The maximum Gasteiger partial charge on any atom is 0.574 e. The molecule has 0 aliphatic heterocycles. The minimum absolute atomic E-state index is 0.0849. The summed E-state index contributed by atoms with van der Waals surface area (Å²) in [5, 5.41) is -0.0849. The van der Waals surface area contributed by atoms with Gasteiger partial charge in [-0.05, 0) is 22.0 Å². The molecule has 96 valence electrons. The normalized spacial score (nSPS) is 12.0. The summed E-state index contributed by atoms with van der Waals surface area (Å²) in [4.78, 5) is 3.31. The lowest BCUT2D eigenvalue weighted by Crippen LogP contribution is -2.19. The summed E-state index contributed by atoms with van der Waals surface area (Å²) in [6.45, 7) is 0. The molecule has 0 saturated heterocycles. The van der Waals surface area contributed by atoms with Crippen LogP contribution >= 0.6 is 31.9 Å². The third kappa shape index (κ3) is 4.06. The van der Waals surface area contributed by atoms with Crippen LogP contribution in [0, 0.1) is 0 Å². The zero-order chi connectivity index (χ0) is 13.2. The molecule has 0 aromatic carbocycles. The minimum Gasteiger partial charge on any atom is -0.388 e. The standard InChI is InChI=1S/C8H4Br2F5NO/c9-2-3-1-4(6(11)12)5(10)16-7(3)17-8(13,14)15/h1,6H,2H2. The van der Waals surface area contributed by atoms with E-state index in [2.05, 4.69) is 41.6 Å². The SMILES string of the molecule is FC(F)c1cc(CBr)c(OC(F)(F)F)nc1Br. The molecule has 0 atom stereocenters. The maximum absolute atomic E-state index is 12.5. The van der Waals surface area contributed by atoms with Gasteiger partial charge in [0.05, 0.1) is 5.56 Å². The summed E-state index contributed by atoms with van der Waals surface area (Å²) < 4.78 is 64.2. The van der Waals surface area contributed by atoms with Gasteiger partial charge in [0.15, 0.2) is 0 Å². The van der Waals surface area contributed by atoms with Gasteiger partial charge in [0.2, 0.25) is 5.88 Å². The first kappa shape index (κ1) is 14.6. The van der Waals surface area contributed by atoms with Gasteiger partial charge in [-0.2, -0.15) is 0 Å². The van der Waals surface area contributed by atoms with Crippen LogP contribution in [0.4, 0.5) is 22.0 Å². The molecular weight excluding hydrogens is 381 g/mol. The smallest absolute Gasteiger partial charge is 0.388 e. The third-order valence-corrected chi connectivity index (χ3v) is 2.87. The van der Waals surface area contributed by atoms with Crippen molar-refractivity contribution >= 4 is 31.9 Å². The number of nitrogens with zero attached hydrogens (tertiary/aromatic N) is 1. The molecule has 0 aliphatic carbocycles. The summed E-state index contributed by atoms with van der Waals surface area (Å²) in [6.07, 6.45) is -7.76. The zero-order valence-electron chi connectivity index (χ0n) is 7.86. The molecule has 0 spiro atoms. The first-order chi connectivity index (χ1) is 7.74. The molecule has 1 heterocycles. The van der Waals surface area contributed by atoms with Crippen LogP contribution in [0.3, 0.4) is 0 Å². The molecule has 1 aromatic heterocycles. The second kappa shape index (κ2) is 5.47. The van der Waals surface area contributed by atoms with Gasteiger partial charge in [0, 0.05) is 10.9 Å². The number of hydrogen-bond donors (Lipinski definition) is 0. The van der Waals surface area contributed by atoms with Gasteiger partial charge >= 0.3 is 6.36 Å². The van der Waals surface area contributed by atoms with E-state index in [1.807, 2.05) is 0 Å². The van der Waals surface area contributed by atoms with E-state index in [0.29, 0.717) is 0 Å². The lowest BCUT2D eigenvalue weighted by Gasteiger charge is -2.13. The Kier molecular flexibility index (Phi) is 4.70. The lowest BCUT2D eigenvalue weighted by atomic mass is 10.2. The van der Waals surface area contributed by atoms with E-state index >= 15 is 0 Å². The van der Waals surface area contributed by atoms with E-state index in [9.17, 15) is 22.0 Å². The van der Waals surface area contributed by atoms with Crippen LogP contribution in [0.15, 0.2) is 10.7 Å². The van der Waals surface area contributed by atoms with Crippen molar-refractivity contribution in [3.63, 3.8) is 0 Å². The summed E-state index contributed by atoms with van der Waals surface area (Å²) in [5.74, 6) is -0.759. The highest BCUT2D eigenvalue weighted by Gasteiger charge is 2.33. The monoisotopic (exact) mass is 383 g/mol. The Morgan fingerprint density at radius 2 is 1.94 bits per heavy atom. The number of hydrogen-bond acceptors (Lipinski definition) is 2. The number of pyridine rings is 1. The van der Waals surface area contributed by atoms with Crippen molar-refractivity contribution in [1.29, 1.82) is 0 Å². The number of aromatic nitrogens is 1. The molecule has 0 bridgehead atoms. The van der Waals surface area contributed by atoms with Gasteiger partial charge in [-0.3, -0.25) is 0 Å². The molecule has 0 unspecified atom stereocenters. The van der Waals surface area contributed by atoms with Crippen LogP contribution in [0.2, 0.25) is 0 Å². The highest BCUT2D eigenvalue weighted by Crippen LogP contribution is 2.33. The van der Waals surface area contributed by atoms with E-state index in [0.717, 1.165) is 6.07 Å². The van der Waals surface area contributed by atoms with Crippen LogP contribution in [0.25, 0.3) is 0 Å². The van der Waals surface area contributed by atoms with E-state index in [4.69, 9.17) is 0 Å². The molecule has 0 fully saturated rings. The molecule has 2 nitrogen and oxygen atoms in total. The molecule has 0 saturated carbocycles. The maximum atomic E-state index is 12.5. The molecule has 0 aliphatic rings. The van der Waals surface area contributed by atoms with Crippen molar-refractivity contribution in [2.75, 3.05) is 0 Å². The average Bonchev–Trinajstić information content (AvgIpc) is 2.14. The Bertz CT molecular complexity index is 410. The number of halogens is 7. The first-order valence-electron chi connectivity index (χ1n) is 4.03. The van der Waals surface area contributed by atoms with Gasteiger partial charge in [-0.15, -0.1) is 13.2 Å². The number of ether oxygens (including phenoxy) is 1. The van der Waals surface area contributed by atoms with Crippen molar-refractivity contribution in [1.82, 2.24) is 4.98 Å². The van der Waals surface area contributed by atoms with Crippen LogP contribution in [-0.4, -0.2) is 11.3 Å². The molecule has 0 amide bonds. The average molecular weight is 385 g/mol. The fourth-order valence-corrected chi connectivity index (χ4v) is 1.83. The third-order valence-electron chi connectivity index (χ3n) is 1.63. The van der Waals surface area contributed by atoms with E-state index in [-0.39, 0.29) is 15.5 Å². The zero-order valence-corrected chi connectivity index (χ0v) is 11.0. The van der Waals surface area contributed by atoms with Crippen molar-refractivity contribution in [3.8, 4) is 5.88 Å². The van der Waals surface area contributed by atoms with Gasteiger partial charge in [-0.25, -0.2) is 13.8 Å². The second-order valence-electron chi connectivity index (χ2n) is 2.81. The van der Waals surface area contributed by atoms with Crippen molar-refractivity contribution < 1.29 is 26.7 Å². The van der Waals surface area contributed by atoms with E-state index in [1.54, 1.807) is 0 Å². The highest BCUT2D eigenvalue weighted by atomic mass is 79.9. The van der Waals surface area contributed by atoms with Gasteiger partial charge in [0.25, 0.3) is 6.43 Å². The van der Waals surface area contributed by atoms with Gasteiger partial charge in [-0.1, -0.05) is 15.9 Å².